The van der Waals surface area contributed by atoms with Gasteiger partial charge < -0.3 is 9.26 Å². The van der Waals surface area contributed by atoms with Gasteiger partial charge in [0.25, 0.3) is 0 Å². The molecule has 0 aliphatic heterocycles. The summed E-state index contributed by atoms with van der Waals surface area (Å²) in [5.74, 6) is 2.16. The summed E-state index contributed by atoms with van der Waals surface area (Å²) in [7, 11) is 1.67. The topological polar surface area (TPSA) is 89.7 Å². The first-order valence-corrected chi connectivity index (χ1v) is 8.12. The fraction of sp³-hybridized carbons (Fsp3) is 0.158. The van der Waals surface area contributed by atoms with Crippen LogP contribution >= 0.6 is 0 Å². The van der Waals surface area contributed by atoms with Gasteiger partial charge in [-0.3, -0.25) is 0 Å². The van der Waals surface area contributed by atoms with E-state index in [9.17, 15) is 0 Å². The van der Waals surface area contributed by atoms with Crippen molar-refractivity contribution in [2.24, 2.45) is 0 Å². The summed E-state index contributed by atoms with van der Waals surface area (Å²) >= 11 is 0. The van der Waals surface area contributed by atoms with E-state index in [1.807, 2.05) is 37.3 Å². The number of aryl methyl sites for hydroxylation is 1. The standard InChI is InChI=1S/C19H17N5O2/c1-11-8-15(9-17(25-3)12(11)2)18-16(10-20-26-18)13-4-6-14(7-5-13)19-21-23-24-22-19/h4-10H,1-3H3,(H,21,22,23,24). The summed E-state index contributed by atoms with van der Waals surface area (Å²) in [4.78, 5) is 0. The number of aromatic amines is 1. The van der Waals surface area contributed by atoms with Gasteiger partial charge in [-0.15, -0.1) is 5.10 Å². The van der Waals surface area contributed by atoms with E-state index in [0.717, 1.165) is 39.1 Å². The molecule has 7 heteroatoms. The van der Waals surface area contributed by atoms with E-state index in [2.05, 4.69) is 38.8 Å². The monoisotopic (exact) mass is 347 g/mol. The number of H-pyrrole nitrogens is 1. The Labute approximate surface area is 150 Å². The molecule has 4 rings (SSSR count). The summed E-state index contributed by atoms with van der Waals surface area (Å²) in [6, 6.07) is 11.9. The smallest absolute Gasteiger partial charge is 0.179 e. The maximum Gasteiger partial charge on any atom is 0.179 e. The predicted molar refractivity (Wildman–Crippen MR) is 96.6 cm³/mol. The van der Waals surface area contributed by atoms with Gasteiger partial charge in [-0.2, -0.15) is 0 Å². The number of nitrogens with zero attached hydrogens (tertiary/aromatic N) is 4. The van der Waals surface area contributed by atoms with Crippen molar-refractivity contribution in [1.82, 2.24) is 25.8 Å². The van der Waals surface area contributed by atoms with Crippen LogP contribution in [0.2, 0.25) is 0 Å². The number of ether oxygens (including phenoxy) is 1. The Hall–Kier alpha value is -3.48. The van der Waals surface area contributed by atoms with Crippen molar-refractivity contribution in [2.75, 3.05) is 7.11 Å². The number of benzene rings is 2. The zero-order valence-corrected chi connectivity index (χ0v) is 14.6. The Morgan fingerprint density at radius 1 is 1.00 bits per heavy atom. The second-order valence-corrected chi connectivity index (χ2v) is 6.02. The summed E-state index contributed by atoms with van der Waals surface area (Å²) in [6.07, 6.45) is 1.72. The van der Waals surface area contributed by atoms with Gasteiger partial charge in [-0.25, -0.2) is 5.10 Å². The molecule has 2 aromatic heterocycles. The molecule has 0 atom stereocenters. The Morgan fingerprint density at radius 3 is 2.46 bits per heavy atom. The van der Waals surface area contributed by atoms with Gasteiger partial charge in [0, 0.05) is 16.7 Å². The Bertz CT molecular complexity index is 1040. The van der Waals surface area contributed by atoms with Gasteiger partial charge in [0.15, 0.2) is 11.6 Å². The summed E-state index contributed by atoms with van der Waals surface area (Å²) in [5, 5.41) is 17.9. The van der Waals surface area contributed by atoms with Gasteiger partial charge in [0.1, 0.15) is 5.75 Å². The summed E-state index contributed by atoms with van der Waals surface area (Å²) in [6.45, 7) is 4.09. The molecule has 0 unspecified atom stereocenters. The maximum absolute atomic E-state index is 5.56. The highest BCUT2D eigenvalue weighted by molar-refractivity contribution is 5.81. The van der Waals surface area contributed by atoms with Gasteiger partial charge in [-0.1, -0.05) is 29.4 Å². The molecule has 0 radical (unpaired) electrons. The van der Waals surface area contributed by atoms with Crippen molar-refractivity contribution >= 4 is 0 Å². The molecular formula is C19H17N5O2. The molecule has 26 heavy (non-hydrogen) atoms. The van der Waals surface area contributed by atoms with Crippen molar-refractivity contribution in [1.29, 1.82) is 0 Å². The van der Waals surface area contributed by atoms with E-state index in [1.54, 1.807) is 13.3 Å². The van der Waals surface area contributed by atoms with Gasteiger partial charge >= 0.3 is 0 Å². The second kappa shape index (κ2) is 6.44. The fourth-order valence-corrected chi connectivity index (χ4v) is 2.91. The minimum absolute atomic E-state index is 0.626. The van der Waals surface area contributed by atoms with E-state index in [0.29, 0.717) is 11.6 Å². The van der Waals surface area contributed by atoms with Crippen LogP contribution in [0.4, 0.5) is 0 Å². The molecule has 1 N–H and O–H groups in total. The highest BCUT2D eigenvalue weighted by Crippen LogP contribution is 2.36. The van der Waals surface area contributed by atoms with Crippen LogP contribution < -0.4 is 4.74 Å². The molecule has 0 amide bonds. The number of nitrogens with one attached hydrogen (secondary N) is 1. The number of rotatable bonds is 4. The number of aromatic nitrogens is 5. The van der Waals surface area contributed by atoms with E-state index in [4.69, 9.17) is 9.26 Å². The highest BCUT2D eigenvalue weighted by atomic mass is 16.5. The van der Waals surface area contributed by atoms with E-state index in [1.165, 1.54) is 0 Å². The zero-order chi connectivity index (χ0) is 18.1. The van der Waals surface area contributed by atoms with E-state index >= 15 is 0 Å². The van der Waals surface area contributed by atoms with Crippen LogP contribution in [-0.2, 0) is 0 Å². The van der Waals surface area contributed by atoms with Crippen LogP contribution in [-0.4, -0.2) is 32.9 Å². The summed E-state index contributed by atoms with van der Waals surface area (Å²) < 4.78 is 11.0. The Kier molecular flexibility index (Phi) is 3.96. The van der Waals surface area contributed by atoms with Gasteiger partial charge in [-0.05, 0) is 53.1 Å². The Balaban J connectivity index is 1.75. The van der Waals surface area contributed by atoms with Crippen molar-refractivity contribution < 1.29 is 9.26 Å². The highest BCUT2D eigenvalue weighted by Gasteiger charge is 2.16. The quantitative estimate of drug-likeness (QED) is 0.604. The van der Waals surface area contributed by atoms with Crippen molar-refractivity contribution in [2.45, 2.75) is 13.8 Å². The number of hydrogen-bond acceptors (Lipinski definition) is 6. The third kappa shape index (κ3) is 2.73. The van der Waals surface area contributed by atoms with Crippen LogP contribution in [0.1, 0.15) is 11.1 Å². The molecule has 2 aromatic carbocycles. The van der Waals surface area contributed by atoms with E-state index in [-0.39, 0.29) is 0 Å². The predicted octanol–water partition coefficient (Wildman–Crippen LogP) is 3.81. The molecule has 4 aromatic rings. The normalized spacial score (nSPS) is 10.9. The first-order valence-electron chi connectivity index (χ1n) is 8.12. The number of tetrazole rings is 1. The van der Waals surface area contributed by atoms with Crippen LogP contribution in [0.25, 0.3) is 33.8 Å². The Morgan fingerprint density at radius 2 is 1.77 bits per heavy atom. The lowest BCUT2D eigenvalue weighted by atomic mass is 9.98. The van der Waals surface area contributed by atoms with Crippen LogP contribution in [0.5, 0.6) is 5.75 Å². The molecular weight excluding hydrogens is 330 g/mol. The third-order valence-electron chi connectivity index (χ3n) is 4.49. The molecule has 0 aliphatic carbocycles. The third-order valence-corrected chi connectivity index (χ3v) is 4.49. The average molecular weight is 347 g/mol. The zero-order valence-electron chi connectivity index (χ0n) is 14.6. The van der Waals surface area contributed by atoms with E-state index < -0.39 is 0 Å². The molecule has 7 nitrogen and oxygen atoms in total. The minimum atomic E-state index is 0.626. The van der Waals surface area contributed by atoms with Crippen LogP contribution in [0.3, 0.4) is 0 Å². The second-order valence-electron chi connectivity index (χ2n) is 6.02. The molecule has 0 aliphatic rings. The lowest BCUT2D eigenvalue weighted by molar-refractivity contribution is 0.410. The molecule has 0 saturated carbocycles. The largest absolute Gasteiger partial charge is 0.496 e. The number of hydrogen-bond donors (Lipinski definition) is 1. The molecule has 2 heterocycles. The maximum atomic E-state index is 5.56. The first-order chi connectivity index (χ1) is 12.7. The molecule has 0 fully saturated rings. The van der Waals surface area contributed by atoms with Crippen molar-refractivity contribution in [3.63, 3.8) is 0 Å². The lowest BCUT2D eigenvalue weighted by Crippen LogP contribution is -1.92. The molecule has 0 saturated heterocycles. The van der Waals surface area contributed by atoms with Crippen molar-refractivity contribution in [3.8, 4) is 39.6 Å². The van der Waals surface area contributed by atoms with Gasteiger partial charge in [0.2, 0.25) is 0 Å². The first kappa shape index (κ1) is 16.0. The van der Waals surface area contributed by atoms with Crippen LogP contribution in [0, 0.1) is 13.8 Å². The number of methoxy groups -OCH3 is 1. The molecule has 0 bridgehead atoms. The summed E-state index contributed by atoms with van der Waals surface area (Å²) in [5.41, 5.74) is 6.00. The SMILES string of the molecule is COc1cc(-c2oncc2-c2ccc(-c3nnn[nH]3)cc2)cc(C)c1C. The lowest BCUT2D eigenvalue weighted by Gasteiger charge is -2.10. The minimum Gasteiger partial charge on any atom is -0.496 e. The average Bonchev–Trinajstić information content (AvgIpc) is 3.36. The molecule has 0 spiro atoms. The fourth-order valence-electron chi connectivity index (χ4n) is 2.91. The van der Waals surface area contributed by atoms with Gasteiger partial charge in [0.05, 0.1) is 13.3 Å². The van der Waals surface area contributed by atoms with Crippen molar-refractivity contribution in [3.05, 3.63) is 53.7 Å². The van der Waals surface area contributed by atoms with Crippen LogP contribution in [0.15, 0.2) is 47.1 Å². The molecule has 130 valence electrons.